The first-order valence-corrected chi connectivity index (χ1v) is 4.87. The summed E-state index contributed by atoms with van der Waals surface area (Å²) >= 11 is 0. The smallest absolute Gasteiger partial charge is 0.165 e. The van der Waals surface area contributed by atoms with Gasteiger partial charge in [-0.15, -0.1) is 0 Å². The van der Waals surface area contributed by atoms with Gasteiger partial charge >= 0.3 is 0 Å². The minimum absolute atomic E-state index is 0.188. The Morgan fingerprint density at radius 2 is 2.13 bits per heavy atom. The van der Waals surface area contributed by atoms with Crippen molar-refractivity contribution in [2.45, 2.75) is 25.0 Å². The molecule has 2 aromatic heterocycles. The van der Waals surface area contributed by atoms with Crippen molar-refractivity contribution in [2.75, 3.05) is 5.73 Å². The Hall–Kier alpha value is -1.69. The van der Waals surface area contributed by atoms with Gasteiger partial charge < -0.3 is 15.4 Å². The van der Waals surface area contributed by atoms with E-state index in [0.29, 0.717) is 17.4 Å². The maximum absolute atomic E-state index is 9.25. The fourth-order valence-corrected chi connectivity index (χ4v) is 1.92. The van der Waals surface area contributed by atoms with E-state index >= 15 is 0 Å². The molecule has 0 amide bonds. The Morgan fingerprint density at radius 1 is 1.33 bits per heavy atom. The first kappa shape index (κ1) is 8.60. The van der Waals surface area contributed by atoms with Crippen molar-refractivity contribution >= 4 is 17.0 Å². The standard InChI is InChI=1S/C9H11N5O/c10-8-7-9(12-3-11-8)14(4-13-7)5-1-6(15)2-5/h3-6,15H,1-2H2,(H2,10,11,12). The third-order valence-electron chi connectivity index (χ3n) is 2.87. The minimum atomic E-state index is -0.188. The highest BCUT2D eigenvalue weighted by Gasteiger charge is 2.30. The molecule has 1 fully saturated rings. The summed E-state index contributed by atoms with van der Waals surface area (Å²) in [7, 11) is 0. The number of aliphatic hydroxyl groups excluding tert-OH is 1. The maximum atomic E-state index is 9.25. The van der Waals surface area contributed by atoms with Crippen LogP contribution in [0.3, 0.4) is 0 Å². The maximum Gasteiger partial charge on any atom is 0.165 e. The summed E-state index contributed by atoms with van der Waals surface area (Å²) in [6.45, 7) is 0. The van der Waals surface area contributed by atoms with Crippen LogP contribution in [0.4, 0.5) is 5.82 Å². The third-order valence-corrected chi connectivity index (χ3v) is 2.87. The van der Waals surface area contributed by atoms with E-state index in [0.717, 1.165) is 18.5 Å². The van der Waals surface area contributed by atoms with E-state index in [4.69, 9.17) is 5.73 Å². The number of nitrogen functional groups attached to an aromatic ring is 1. The molecular weight excluding hydrogens is 194 g/mol. The highest BCUT2D eigenvalue weighted by molar-refractivity contribution is 5.81. The van der Waals surface area contributed by atoms with Gasteiger partial charge in [0.25, 0.3) is 0 Å². The topological polar surface area (TPSA) is 89.9 Å². The minimum Gasteiger partial charge on any atom is -0.393 e. The lowest BCUT2D eigenvalue weighted by Crippen LogP contribution is -2.30. The van der Waals surface area contributed by atoms with Gasteiger partial charge in [0.1, 0.15) is 11.8 Å². The normalized spacial score (nSPS) is 25.4. The third kappa shape index (κ3) is 1.18. The monoisotopic (exact) mass is 205 g/mol. The molecule has 0 spiro atoms. The molecular formula is C9H11N5O. The first-order valence-electron chi connectivity index (χ1n) is 4.87. The van der Waals surface area contributed by atoms with Gasteiger partial charge in [-0.05, 0) is 12.8 Å². The van der Waals surface area contributed by atoms with E-state index < -0.39 is 0 Å². The van der Waals surface area contributed by atoms with Gasteiger partial charge in [-0.1, -0.05) is 0 Å². The fourth-order valence-electron chi connectivity index (χ4n) is 1.92. The summed E-state index contributed by atoms with van der Waals surface area (Å²) in [5.41, 5.74) is 7.07. The summed E-state index contributed by atoms with van der Waals surface area (Å²) < 4.78 is 1.96. The highest BCUT2D eigenvalue weighted by atomic mass is 16.3. The van der Waals surface area contributed by atoms with Gasteiger partial charge in [-0.2, -0.15) is 0 Å². The van der Waals surface area contributed by atoms with Gasteiger partial charge in [0, 0.05) is 6.04 Å². The molecule has 2 aromatic rings. The zero-order valence-corrected chi connectivity index (χ0v) is 8.04. The number of imidazole rings is 1. The molecule has 6 heteroatoms. The van der Waals surface area contributed by atoms with Crippen LogP contribution in [-0.4, -0.2) is 30.7 Å². The van der Waals surface area contributed by atoms with Gasteiger partial charge in [-0.3, -0.25) is 0 Å². The molecule has 3 N–H and O–H groups in total. The molecule has 15 heavy (non-hydrogen) atoms. The van der Waals surface area contributed by atoms with Crippen LogP contribution >= 0.6 is 0 Å². The van der Waals surface area contributed by atoms with Crippen molar-refractivity contribution < 1.29 is 5.11 Å². The van der Waals surface area contributed by atoms with Gasteiger partial charge in [0.05, 0.1) is 12.4 Å². The Kier molecular flexibility index (Phi) is 1.66. The molecule has 2 heterocycles. The number of hydrogen-bond donors (Lipinski definition) is 2. The van der Waals surface area contributed by atoms with Crippen LogP contribution < -0.4 is 5.73 Å². The molecule has 0 aliphatic heterocycles. The quantitative estimate of drug-likeness (QED) is 0.689. The average Bonchev–Trinajstić information content (AvgIpc) is 2.58. The van der Waals surface area contributed by atoms with E-state index in [-0.39, 0.29) is 6.10 Å². The summed E-state index contributed by atoms with van der Waals surface area (Å²) in [6.07, 6.45) is 4.48. The average molecular weight is 205 g/mol. The van der Waals surface area contributed by atoms with E-state index in [1.54, 1.807) is 6.33 Å². The molecule has 0 bridgehead atoms. The first-order chi connectivity index (χ1) is 7.25. The van der Waals surface area contributed by atoms with Crippen molar-refractivity contribution in [3.63, 3.8) is 0 Å². The second-order valence-corrected chi connectivity index (χ2v) is 3.86. The second kappa shape index (κ2) is 2.90. The Morgan fingerprint density at radius 3 is 2.87 bits per heavy atom. The number of aromatic nitrogens is 4. The zero-order chi connectivity index (χ0) is 10.4. The van der Waals surface area contributed by atoms with E-state index in [1.165, 1.54) is 6.33 Å². The molecule has 1 aliphatic rings. The predicted molar refractivity (Wildman–Crippen MR) is 54.0 cm³/mol. The predicted octanol–water partition coefficient (Wildman–Crippen LogP) is 0.104. The van der Waals surface area contributed by atoms with E-state index in [2.05, 4.69) is 15.0 Å². The van der Waals surface area contributed by atoms with Crippen LogP contribution in [-0.2, 0) is 0 Å². The highest BCUT2D eigenvalue weighted by Crippen LogP contribution is 2.34. The Labute approximate surface area is 85.8 Å². The molecule has 0 aromatic carbocycles. The molecule has 1 aliphatic carbocycles. The fraction of sp³-hybridized carbons (Fsp3) is 0.444. The summed E-state index contributed by atoms with van der Waals surface area (Å²) in [4.78, 5) is 12.2. The number of nitrogens with two attached hydrogens (primary N) is 1. The molecule has 0 saturated heterocycles. The van der Waals surface area contributed by atoms with Gasteiger partial charge in [-0.25, -0.2) is 15.0 Å². The number of nitrogens with zero attached hydrogens (tertiary/aromatic N) is 4. The Balaban J connectivity index is 2.09. The summed E-state index contributed by atoms with van der Waals surface area (Å²) in [6, 6.07) is 0.291. The molecule has 78 valence electrons. The van der Waals surface area contributed by atoms with Crippen LogP contribution in [0.25, 0.3) is 11.2 Å². The molecule has 0 atom stereocenters. The van der Waals surface area contributed by atoms with Crippen molar-refractivity contribution in [3.05, 3.63) is 12.7 Å². The summed E-state index contributed by atoms with van der Waals surface area (Å²) in [5, 5.41) is 9.25. The molecule has 6 nitrogen and oxygen atoms in total. The van der Waals surface area contributed by atoms with Crippen LogP contribution in [0.1, 0.15) is 18.9 Å². The van der Waals surface area contributed by atoms with Gasteiger partial charge in [0.15, 0.2) is 11.5 Å². The molecule has 0 radical (unpaired) electrons. The van der Waals surface area contributed by atoms with Crippen LogP contribution in [0.2, 0.25) is 0 Å². The Bertz CT molecular complexity index is 502. The number of aliphatic hydroxyl groups is 1. The van der Waals surface area contributed by atoms with Crippen LogP contribution in [0.5, 0.6) is 0 Å². The largest absolute Gasteiger partial charge is 0.393 e. The number of hydrogen-bond acceptors (Lipinski definition) is 5. The van der Waals surface area contributed by atoms with Crippen molar-refractivity contribution in [1.82, 2.24) is 19.5 Å². The number of fused-ring (bicyclic) bond motifs is 1. The molecule has 0 unspecified atom stereocenters. The number of anilines is 1. The van der Waals surface area contributed by atoms with Crippen molar-refractivity contribution in [1.29, 1.82) is 0 Å². The van der Waals surface area contributed by atoms with E-state index in [9.17, 15) is 5.11 Å². The van der Waals surface area contributed by atoms with E-state index in [1.807, 2.05) is 4.57 Å². The SMILES string of the molecule is Nc1ncnc2c1ncn2C1CC(O)C1. The van der Waals surface area contributed by atoms with Crippen LogP contribution in [0.15, 0.2) is 12.7 Å². The lowest BCUT2D eigenvalue weighted by molar-refractivity contribution is 0.0499. The second-order valence-electron chi connectivity index (χ2n) is 3.86. The lowest BCUT2D eigenvalue weighted by Gasteiger charge is -2.32. The van der Waals surface area contributed by atoms with Gasteiger partial charge in [0.2, 0.25) is 0 Å². The molecule has 1 saturated carbocycles. The zero-order valence-electron chi connectivity index (χ0n) is 8.04. The molecule has 3 rings (SSSR count). The lowest BCUT2D eigenvalue weighted by atomic mass is 9.89. The van der Waals surface area contributed by atoms with Crippen LogP contribution in [0, 0.1) is 0 Å². The van der Waals surface area contributed by atoms with Crippen molar-refractivity contribution in [2.24, 2.45) is 0 Å². The summed E-state index contributed by atoms with van der Waals surface area (Å²) in [5.74, 6) is 0.402. The van der Waals surface area contributed by atoms with Crippen molar-refractivity contribution in [3.8, 4) is 0 Å². The number of rotatable bonds is 1.